The molecule has 0 aliphatic carbocycles. The summed E-state index contributed by atoms with van der Waals surface area (Å²) in [4.78, 5) is 40.4. The molecular formula is C26H37N3O4. The van der Waals surface area contributed by atoms with E-state index >= 15 is 0 Å². The van der Waals surface area contributed by atoms with Crippen molar-refractivity contribution in [1.82, 2.24) is 15.6 Å². The number of hydrogen-bond acceptors (Lipinski definition) is 4. The number of H-pyrrole nitrogens is 1. The van der Waals surface area contributed by atoms with Gasteiger partial charge in [0.25, 0.3) is 0 Å². The van der Waals surface area contributed by atoms with Gasteiger partial charge in [-0.2, -0.15) is 0 Å². The second kappa shape index (κ2) is 9.81. The van der Waals surface area contributed by atoms with Gasteiger partial charge in [0.15, 0.2) is 5.43 Å². The molecule has 0 spiro atoms. The molecule has 2 aromatic rings. The van der Waals surface area contributed by atoms with Crippen LogP contribution in [-0.4, -0.2) is 28.6 Å². The minimum atomic E-state index is -0.803. The molecule has 7 heteroatoms. The molecule has 180 valence electrons. The maximum Gasteiger partial charge on any atom is 0.408 e. The van der Waals surface area contributed by atoms with Crippen LogP contribution in [0.5, 0.6) is 0 Å². The van der Waals surface area contributed by atoms with Crippen molar-refractivity contribution in [3.05, 3.63) is 56.9 Å². The molecule has 0 unspecified atom stereocenters. The zero-order valence-electron chi connectivity index (χ0n) is 21.2. The highest BCUT2D eigenvalue weighted by atomic mass is 16.6. The third-order valence-corrected chi connectivity index (χ3v) is 5.30. The summed E-state index contributed by atoms with van der Waals surface area (Å²) in [7, 11) is 0. The monoisotopic (exact) mass is 455 g/mol. The smallest absolute Gasteiger partial charge is 0.408 e. The van der Waals surface area contributed by atoms with Crippen molar-refractivity contribution in [2.45, 2.75) is 85.9 Å². The lowest BCUT2D eigenvalue weighted by molar-refractivity contribution is -0.122. The molecule has 1 heterocycles. The Morgan fingerprint density at radius 2 is 1.70 bits per heavy atom. The maximum atomic E-state index is 12.8. The van der Waals surface area contributed by atoms with Crippen molar-refractivity contribution in [1.29, 1.82) is 0 Å². The molecule has 33 heavy (non-hydrogen) atoms. The number of aromatic nitrogens is 1. The largest absolute Gasteiger partial charge is 0.444 e. The van der Waals surface area contributed by atoms with Crippen molar-refractivity contribution < 1.29 is 14.3 Å². The van der Waals surface area contributed by atoms with E-state index in [9.17, 15) is 14.4 Å². The number of aromatic amines is 1. The maximum absolute atomic E-state index is 12.8. The van der Waals surface area contributed by atoms with Crippen molar-refractivity contribution in [3.63, 3.8) is 0 Å². The normalized spacial score (nSPS) is 12.8. The molecular weight excluding hydrogens is 418 g/mol. The third-order valence-electron chi connectivity index (χ3n) is 5.30. The Bertz CT molecular complexity index is 1090. The number of hydrogen-bond donors (Lipinski definition) is 3. The Hall–Kier alpha value is -3.09. The lowest BCUT2D eigenvalue weighted by Crippen LogP contribution is -2.46. The average molecular weight is 456 g/mol. The Morgan fingerprint density at radius 1 is 1.06 bits per heavy atom. The standard InChI is InChI=1S/C26H37N3O4/c1-15-12-18(25(4,5)6)10-11-19(15)21-13-22(30)20(16(2)28-21)14-27-23(31)17(3)29-24(32)33-26(7,8)9/h10-13,17H,14H2,1-9H3,(H,27,31)(H,28,30)(H,29,32)/t17-/m0/s1. The summed E-state index contributed by atoms with van der Waals surface area (Å²) in [6, 6.07) is 7.03. The average Bonchev–Trinajstić information content (AvgIpc) is 2.64. The van der Waals surface area contributed by atoms with Crippen molar-refractivity contribution in [3.8, 4) is 11.3 Å². The van der Waals surface area contributed by atoms with E-state index in [2.05, 4.69) is 48.5 Å². The molecule has 0 radical (unpaired) electrons. The van der Waals surface area contributed by atoms with Gasteiger partial charge in [0, 0.05) is 35.1 Å². The van der Waals surface area contributed by atoms with Gasteiger partial charge in [-0.15, -0.1) is 0 Å². The highest BCUT2D eigenvalue weighted by Crippen LogP contribution is 2.28. The van der Waals surface area contributed by atoms with E-state index in [0.29, 0.717) is 11.3 Å². The van der Waals surface area contributed by atoms with Crippen molar-refractivity contribution in [2.24, 2.45) is 0 Å². The van der Waals surface area contributed by atoms with Gasteiger partial charge in [0.05, 0.1) is 0 Å². The zero-order chi connectivity index (χ0) is 25.1. The number of nitrogens with one attached hydrogen (secondary N) is 3. The summed E-state index contributed by atoms with van der Waals surface area (Å²) in [6.07, 6.45) is -0.670. The Balaban J connectivity index is 2.13. The van der Waals surface area contributed by atoms with Crippen LogP contribution in [0.2, 0.25) is 0 Å². The van der Waals surface area contributed by atoms with Gasteiger partial charge < -0.3 is 20.4 Å². The molecule has 1 aromatic heterocycles. The van der Waals surface area contributed by atoms with Gasteiger partial charge in [0.2, 0.25) is 5.91 Å². The molecule has 1 atom stereocenters. The van der Waals surface area contributed by atoms with Crippen LogP contribution < -0.4 is 16.1 Å². The van der Waals surface area contributed by atoms with Crippen LogP contribution in [0.15, 0.2) is 29.1 Å². The number of benzene rings is 1. The van der Waals surface area contributed by atoms with E-state index < -0.39 is 23.6 Å². The SMILES string of the molecule is Cc1cc(C(C)(C)C)ccc1-c1cc(=O)c(CNC(=O)[C@H](C)NC(=O)OC(C)(C)C)c(C)[nH]1. The molecule has 1 aromatic carbocycles. The molecule has 0 aliphatic heterocycles. The van der Waals surface area contributed by atoms with Crippen molar-refractivity contribution >= 4 is 12.0 Å². The number of amides is 2. The van der Waals surface area contributed by atoms with Gasteiger partial charge >= 0.3 is 6.09 Å². The van der Waals surface area contributed by atoms with Crippen LogP contribution in [0.25, 0.3) is 11.3 Å². The number of alkyl carbamates (subject to hydrolysis) is 1. The lowest BCUT2D eigenvalue weighted by Gasteiger charge is -2.22. The molecule has 0 saturated heterocycles. The van der Waals surface area contributed by atoms with Gasteiger partial charge in [0.1, 0.15) is 11.6 Å². The number of carbonyl (C=O) groups is 2. The molecule has 2 rings (SSSR count). The lowest BCUT2D eigenvalue weighted by atomic mass is 9.85. The first-order chi connectivity index (χ1) is 15.1. The van der Waals surface area contributed by atoms with E-state index in [-0.39, 0.29) is 17.4 Å². The quantitative estimate of drug-likeness (QED) is 0.619. The highest BCUT2D eigenvalue weighted by Gasteiger charge is 2.21. The third kappa shape index (κ3) is 7.20. The van der Waals surface area contributed by atoms with Crippen LogP contribution in [0.3, 0.4) is 0 Å². The molecule has 7 nitrogen and oxygen atoms in total. The first-order valence-corrected chi connectivity index (χ1v) is 11.2. The Labute approximate surface area is 196 Å². The van der Waals surface area contributed by atoms with E-state index in [1.54, 1.807) is 33.8 Å². The number of pyridine rings is 1. The van der Waals surface area contributed by atoms with Gasteiger partial charge in [-0.1, -0.05) is 39.0 Å². The van der Waals surface area contributed by atoms with E-state index in [0.717, 1.165) is 16.8 Å². The molecule has 0 saturated carbocycles. The van der Waals surface area contributed by atoms with Crippen LogP contribution >= 0.6 is 0 Å². The number of ether oxygens (including phenoxy) is 1. The van der Waals surface area contributed by atoms with Crippen LogP contribution in [0.4, 0.5) is 4.79 Å². The fourth-order valence-electron chi connectivity index (χ4n) is 3.39. The summed E-state index contributed by atoms with van der Waals surface area (Å²) in [6.45, 7) is 17.2. The number of aryl methyl sites for hydroxylation is 2. The summed E-state index contributed by atoms with van der Waals surface area (Å²) in [5.74, 6) is -0.405. The summed E-state index contributed by atoms with van der Waals surface area (Å²) in [5, 5.41) is 5.21. The minimum Gasteiger partial charge on any atom is -0.444 e. The van der Waals surface area contributed by atoms with Crippen LogP contribution in [0, 0.1) is 13.8 Å². The Morgan fingerprint density at radius 3 is 2.21 bits per heavy atom. The Kier molecular flexibility index (Phi) is 7.78. The predicted octanol–water partition coefficient (Wildman–Crippen LogP) is 4.49. The molecule has 2 amide bonds. The fourth-order valence-corrected chi connectivity index (χ4v) is 3.39. The highest BCUT2D eigenvalue weighted by molar-refractivity contribution is 5.85. The minimum absolute atomic E-state index is 0.0458. The molecule has 0 bridgehead atoms. The summed E-state index contributed by atoms with van der Waals surface area (Å²) in [5.41, 5.74) is 4.41. The predicted molar refractivity (Wildman–Crippen MR) is 131 cm³/mol. The zero-order valence-corrected chi connectivity index (χ0v) is 21.2. The summed E-state index contributed by atoms with van der Waals surface area (Å²) >= 11 is 0. The van der Waals surface area contributed by atoms with Gasteiger partial charge in [-0.05, 0) is 58.1 Å². The van der Waals surface area contributed by atoms with E-state index in [1.165, 1.54) is 5.56 Å². The first kappa shape index (κ1) is 26.2. The fraction of sp³-hybridized carbons (Fsp3) is 0.500. The van der Waals surface area contributed by atoms with Crippen molar-refractivity contribution in [2.75, 3.05) is 0 Å². The van der Waals surface area contributed by atoms with Gasteiger partial charge in [-0.3, -0.25) is 9.59 Å². The second-order valence-electron chi connectivity index (χ2n) is 10.5. The molecule has 0 aliphatic rings. The van der Waals surface area contributed by atoms with Crippen LogP contribution in [-0.2, 0) is 21.5 Å². The second-order valence-corrected chi connectivity index (χ2v) is 10.5. The first-order valence-electron chi connectivity index (χ1n) is 11.2. The summed E-state index contributed by atoms with van der Waals surface area (Å²) < 4.78 is 5.17. The van der Waals surface area contributed by atoms with Gasteiger partial charge in [-0.25, -0.2) is 4.79 Å². The molecule has 0 fully saturated rings. The number of rotatable bonds is 5. The van der Waals surface area contributed by atoms with Crippen LogP contribution in [0.1, 0.15) is 70.9 Å². The van der Waals surface area contributed by atoms with E-state index in [1.807, 2.05) is 19.9 Å². The molecule has 3 N–H and O–H groups in total. The number of carbonyl (C=O) groups excluding carboxylic acids is 2. The van der Waals surface area contributed by atoms with E-state index in [4.69, 9.17) is 4.74 Å². The topological polar surface area (TPSA) is 100 Å².